The molecule has 2 unspecified atom stereocenters. The van der Waals surface area contributed by atoms with Gasteiger partial charge in [-0.25, -0.2) is 9.48 Å². The highest BCUT2D eigenvalue weighted by Gasteiger charge is 2.36. The molecule has 0 bridgehead atoms. The van der Waals surface area contributed by atoms with Crippen LogP contribution in [-0.4, -0.2) is 50.2 Å². The van der Waals surface area contributed by atoms with E-state index in [0.29, 0.717) is 18.7 Å². The summed E-state index contributed by atoms with van der Waals surface area (Å²) in [5.41, 5.74) is 6.07. The third-order valence-electron chi connectivity index (χ3n) is 4.59. The van der Waals surface area contributed by atoms with Crippen molar-refractivity contribution in [2.24, 2.45) is 11.7 Å². The zero-order valence-electron chi connectivity index (χ0n) is 14.3. The maximum Gasteiger partial charge on any atom is 0.326 e. The van der Waals surface area contributed by atoms with E-state index in [4.69, 9.17) is 5.73 Å². The fraction of sp³-hybridized carbons (Fsp3) is 0.333. The van der Waals surface area contributed by atoms with E-state index in [9.17, 15) is 19.5 Å². The number of carbonyl (C=O) groups excluding carboxylic acids is 2. The van der Waals surface area contributed by atoms with E-state index in [0.717, 1.165) is 6.42 Å². The summed E-state index contributed by atoms with van der Waals surface area (Å²) in [4.78, 5) is 37.5. The number of carboxylic acids is 1. The van der Waals surface area contributed by atoms with Crippen molar-refractivity contribution in [3.8, 4) is 5.69 Å². The Hall–Kier alpha value is -3.16. The number of primary amides is 1. The fourth-order valence-corrected chi connectivity index (χ4v) is 3.19. The maximum absolute atomic E-state index is 12.9. The minimum Gasteiger partial charge on any atom is -0.480 e. The predicted octanol–water partition coefficient (Wildman–Crippen LogP) is 1.30. The van der Waals surface area contributed by atoms with E-state index in [2.05, 4.69) is 5.10 Å². The van der Waals surface area contributed by atoms with Crippen LogP contribution in [0.3, 0.4) is 0 Å². The Morgan fingerprint density at radius 1 is 1.23 bits per heavy atom. The number of hydrogen-bond donors (Lipinski definition) is 2. The molecule has 8 heteroatoms. The van der Waals surface area contributed by atoms with Crippen molar-refractivity contribution in [3.05, 3.63) is 47.8 Å². The topological polar surface area (TPSA) is 119 Å². The summed E-state index contributed by atoms with van der Waals surface area (Å²) in [6.07, 6.45) is 1.11. The van der Waals surface area contributed by atoms with Crippen molar-refractivity contribution >= 4 is 17.8 Å². The average molecular weight is 356 g/mol. The smallest absolute Gasteiger partial charge is 0.326 e. The van der Waals surface area contributed by atoms with Gasteiger partial charge in [-0.2, -0.15) is 5.10 Å². The zero-order chi connectivity index (χ0) is 18.8. The van der Waals surface area contributed by atoms with Gasteiger partial charge in [0.05, 0.1) is 5.69 Å². The van der Waals surface area contributed by atoms with Crippen LogP contribution >= 0.6 is 0 Å². The largest absolute Gasteiger partial charge is 0.480 e. The Kier molecular flexibility index (Phi) is 4.75. The molecule has 2 aromatic rings. The third kappa shape index (κ3) is 3.30. The summed E-state index contributed by atoms with van der Waals surface area (Å²) in [6, 6.07) is 9.24. The molecule has 0 saturated carbocycles. The van der Waals surface area contributed by atoms with Crippen LogP contribution in [-0.2, 0) is 4.79 Å². The summed E-state index contributed by atoms with van der Waals surface area (Å²) in [7, 11) is 0. The van der Waals surface area contributed by atoms with Gasteiger partial charge in [0.2, 0.25) is 0 Å². The van der Waals surface area contributed by atoms with Crippen LogP contribution in [0.15, 0.2) is 36.4 Å². The van der Waals surface area contributed by atoms with Crippen LogP contribution in [0.5, 0.6) is 0 Å². The number of nitrogens with zero attached hydrogens (tertiary/aromatic N) is 3. The lowest BCUT2D eigenvalue weighted by Gasteiger charge is -2.35. The van der Waals surface area contributed by atoms with E-state index in [-0.39, 0.29) is 17.3 Å². The highest BCUT2D eigenvalue weighted by atomic mass is 16.4. The summed E-state index contributed by atoms with van der Waals surface area (Å²) >= 11 is 0. The Labute approximate surface area is 150 Å². The second-order valence-electron chi connectivity index (χ2n) is 6.51. The van der Waals surface area contributed by atoms with Gasteiger partial charge in [-0.3, -0.25) is 9.59 Å². The van der Waals surface area contributed by atoms with Crippen molar-refractivity contribution < 1.29 is 19.5 Å². The Bertz CT molecular complexity index is 846. The van der Waals surface area contributed by atoms with Crippen molar-refractivity contribution in [3.63, 3.8) is 0 Å². The molecule has 3 rings (SSSR count). The van der Waals surface area contributed by atoms with Crippen molar-refractivity contribution in [2.75, 3.05) is 6.54 Å². The third-order valence-corrected chi connectivity index (χ3v) is 4.59. The number of aromatic nitrogens is 2. The molecule has 1 aliphatic heterocycles. The molecule has 1 fully saturated rings. The molecule has 1 aliphatic rings. The lowest BCUT2D eigenvalue weighted by Crippen LogP contribution is -2.49. The SMILES string of the molecule is CC1CCN(C(=O)c2cc(C(N)=O)n(-c3ccccc3)n2)C(C(=O)O)C1. The lowest BCUT2D eigenvalue weighted by atomic mass is 9.92. The first-order valence-electron chi connectivity index (χ1n) is 8.37. The second kappa shape index (κ2) is 6.99. The molecule has 0 radical (unpaired) electrons. The summed E-state index contributed by atoms with van der Waals surface area (Å²) in [6.45, 7) is 2.30. The molecule has 0 spiro atoms. The highest BCUT2D eigenvalue weighted by molar-refractivity contribution is 5.99. The van der Waals surface area contributed by atoms with Gasteiger partial charge in [0.1, 0.15) is 11.7 Å². The van der Waals surface area contributed by atoms with E-state index in [1.807, 2.05) is 13.0 Å². The highest BCUT2D eigenvalue weighted by Crippen LogP contribution is 2.25. The molecule has 2 atom stereocenters. The second-order valence-corrected chi connectivity index (χ2v) is 6.51. The number of rotatable bonds is 4. The van der Waals surface area contributed by atoms with Gasteiger partial charge in [-0.05, 0) is 30.9 Å². The van der Waals surface area contributed by atoms with E-state index in [1.165, 1.54) is 15.6 Å². The monoisotopic (exact) mass is 356 g/mol. The molecule has 136 valence electrons. The van der Waals surface area contributed by atoms with Gasteiger partial charge in [0.25, 0.3) is 11.8 Å². The summed E-state index contributed by atoms with van der Waals surface area (Å²) < 4.78 is 1.30. The zero-order valence-corrected chi connectivity index (χ0v) is 14.3. The first-order chi connectivity index (χ1) is 12.4. The number of aliphatic carboxylic acids is 1. The number of carboxylic acid groups (broad SMARTS) is 1. The van der Waals surface area contributed by atoms with Crippen LogP contribution in [0.4, 0.5) is 0 Å². The minimum atomic E-state index is -1.04. The quantitative estimate of drug-likeness (QED) is 0.856. The molecule has 1 aromatic heterocycles. The minimum absolute atomic E-state index is 0.00320. The number of hydrogen-bond acceptors (Lipinski definition) is 4. The van der Waals surface area contributed by atoms with Crippen LogP contribution in [0.25, 0.3) is 5.69 Å². The molecule has 0 aliphatic carbocycles. The van der Waals surface area contributed by atoms with Crippen molar-refractivity contribution in [1.29, 1.82) is 0 Å². The van der Waals surface area contributed by atoms with E-state index >= 15 is 0 Å². The molecule has 1 aromatic carbocycles. The Morgan fingerprint density at radius 2 is 1.92 bits per heavy atom. The Balaban J connectivity index is 1.97. The fourth-order valence-electron chi connectivity index (χ4n) is 3.19. The van der Waals surface area contributed by atoms with E-state index < -0.39 is 23.8 Å². The Morgan fingerprint density at radius 3 is 2.54 bits per heavy atom. The van der Waals surface area contributed by atoms with Gasteiger partial charge in [0.15, 0.2) is 5.69 Å². The van der Waals surface area contributed by atoms with E-state index in [1.54, 1.807) is 24.3 Å². The number of para-hydroxylation sites is 1. The van der Waals surface area contributed by atoms with Crippen molar-refractivity contribution in [2.45, 2.75) is 25.8 Å². The van der Waals surface area contributed by atoms with Gasteiger partial charge in [-0.1, -0.05) is 25.1 Å². The molecular formula is C18H20N4O4. The first-order valence-corrected chi connectivity index (χ1v) is 8.37. The number of nitrogens with two attached hydrogens (primary N) is 1. The summed E-state index contributed by atoms with van der Waals surface area (Å²) in [5.74, 6) is -2.05. The van der Waals surface area contributed by atoms with Crippen LogP contribution in [0.2, 0.25) is 0 Å². The number of benzene rings is 1. The number of carbonyl (C=O) groups is 3. The van der Waals surface area contributed by atoms with Crippen LogP contribution < -0.4 is 5.73 Å². The standard InChI is InChI=1S/C18H20N4O4/c1-11-7-8-21(15(9-11)18(25)26)17(24)13-10-14(16(19)23)22(20-13)12-5-3-2-4-6-12/h2-6,10-11,15H,7-9H2,1H3,(H2,19,23)(H,25,26). The molecular weight excluding hydrogens is 336 g/mol. The van der Waals surface area contributed by atoms with Crippen LogP contribution in [0.1, 0.15) is 40.7 Å². The van der Waals surface area contributed by atoms with Crippen LogP contribution in [0, 0.1) is 5.92 Å². The van der Waals surface area contributed by atoms with Gasteiger partial charge >= 0.3 is 5.97 Å². The molecule has 8 nitrogen and oxygen atoms in total. The molecule has 3 N–H and O–H groups in total. The normalized spacial score (nSPS) is 20.0. The molecule has 2 heterocycles. The number of likely N-dealkylation sites (tertiary alicyclic amines) is 1. The number of amides is 2. The molecule has 2 amide bonds. The number of piperidine rings is 1. The van der Waals surface area contributed by atoms with Gasteiger partial charge < -0.3 is 15.7 Å². The predicted molar refractivity (Wildman–Crippen MR) is 92.9 cm³/mol. The van der Waals surface area contributed by atoms with Gasteiger partial charge in [0, 0.05) is 12.6 Å². The average Bonchev–Trinajstić information content (AvgIpc) is 3.07. The summed E-state index contributed by atoms with van der Waals surface area (Å²) in [5, 5.41) is 13.7. The molecule has 26 heavy (non-hydrogen) atoms. The van der Waals surface area contributed by atoms with Gasteiger partial charge in [-0.15, -0.1) is 0 Å². The maximum atomic E-state index is 12.9. The lowest BCUT2D eigenvalue weighted by molar-refractivity contribution is -0.144. The first kappa shape index (κ1) is 17.7. The van der Waals surface area contributed by atoms with Crippen molar-refractivity contribution in [1.82, 2.24) is 14.7 Å². The molecule has 1 saturated heterocycles.